The fraction of sp³-hybridized carbons (Fsp3) is 0.360. The van der Waals surface area contributed by atoms with Gasteiger partial charge in [0, 0.05) is 41.3 Å². The molecule has 6 rings (SSSR count). The maximum atomic E-state index is 15.0. The first-order valence-corrected chi connectivity index (χ1v) is 12.0. The Bertz CT molecular complexity index is 1500. The predicted octanol–water partition coefficient (Wildman–Crippen LogP) is 4.29. The minimum absolute atomic E-state index is 0.0773. The number of anilines is 1. The van der Waals surface area contributed by atoms with E-state index in [4.69, 9.17) is 21.3 Å². The van der Waals surface area contributed by atoms with Crippen molar-refractivity contribution in [2.75, 3.05) is 18.0 Å². The number of nitrogens with zero attached hydrogens (tertiary/aromatic N) is 6. The molecule has 0 spiro atoms. The van der Waals surface area contributed by atoms with Crippen LogP contribution in [0.15, 0.2) is 47.7 Å². The topological polar surface area (TPSA) is 78.1 Å². The average Bonchev–Trinajstić information content (AvgIpc) is 3.57. The summed E-state index contributed by atoms with van der Waals surface area (Å²) < 4.78 is 24.5. The number of hydrogen-bond acceptors (Lipinski definition) is 6. The largest absolute Gasteiger partial charge is 0.367 e. The van der Waals surface area contributed by atoms with Crippen LogP contribution < -0.4 is 10.5 Å². The van der Waals surface area contributed by atoms with E-state index in [0.717, 1.165) is 18.4 Å². The van der Waals surface area contributed by atoms with Crippen LogP contribution in [-0.2, 0) is 11.8 Å². The number of aryl methyl sites for hydroxylation is 1. The molecule has 0 N–H and O–H groups in total. The van der Waals surface area contributed by atoms with Crippen molar-refractivity contribution in [2.45, 2.75) is 38.0 Å². The van der Waals surface area contributed by atoms with Crippen LogP contribution in [0.3, 0.4) is 0 Å². The normalized spacial score (nSPS) is 20.5. The fourth-order valence-electron chi connectivity index (χ4n) is 4.66. The van der Waals surface area contributed by atoms with Gasteiger partial charge in [0.15, 0.2) is 0 Å². The molecule has 0 bridgehead atoms. The van der Waals surface area contributed by atoms with Crippen LogP contribution in [0.5, 0.6) is 0 Å². The summed E-state index contributed by atoms with van der Waals surface area (Å²) in [7, 11) is 1.57. The molecule has 2 aliphatic rings. The summed E-state index contributed by atoms with van der Waals surface area (Å²) in [6.07, 6.45) is 7.51. The third-order valence-electron chi connectivity index (χ3n) is 6.62. The van der Waals surface area contributed by atoms with Gasteiger partial charge < -0.3 is 9.64 Å². The maximum Gasteiger partial charge on any atom is 0.293 e. The van der Waals surface area contributed by atoms with Gasteiger partial charge in [-0.25, -0.2) is 14.1 Å². The van der Waals surface area contributed by atoms with Crippen LogP contribution in [0.4, 0.5) is 10.2 Å². The van der Waals surface area contributed by atoms with Gasteiger partial charge in [0.05, 0.1) is 31.1 Å². The number of aromatic nitrogens is 5. The van der Waals surface area contributed by atoms with E-state index in [9.17, 15) is 9.18 Å². The van der Waals surface area contributed by atoms with E-state index < -0.39 is 5.82 Å². The molecule has 2 atom stereocenters. The second-order valence-corrected chi connectivity index (χ2v) is 9.75. The highest BCUT2D eigenvalue weighted by molar-refractivity contribution is 6.30. The number of rotatable bonds is 4. The SMILES string of the molecule is C[C@H]1CN(c2cc(-c3ccc(Cl)cc3F)c3cnn(C)c(=O)c3n2)C[C@@H](c2cnn(C3CC3)c2)O1. The van der Waals surface area contributed by atoms with Gasteiger partial charge in [-0.05, 0) is 49.6 Å². The lowest BCUT2D eigenvalue weighted by Crippen LogP contribution is -2.43. The van der Waals surface area contributed by atoms with Crippen molar-refractivity contribution in [2.24, 2.45) is 7.05 Å². The standard InChI is InChI=1S/C25H24ClFN6O2/c1-14-11-32(13-22(35-14)15-9-29-33(12-15)17-4-5-17)23-8-19(18-6-3-16(26)7-21(18)27)20-10-28-31(2)25(34)24(20)30-23/h3,6-10,12,14,17,22H,4-5,11,13H2,1-2H3/t14-,22-/m0/s1. The molecule has 1 aliphatic heterocycles. The number of pyridine rings is 1. The van der Waals surface area contributed by atoms with Crippen LogP contribution in [0.25, 0.3) is 22.0 Å². The Morgan fingerprint density at radius 3 is 2.71 bits per heavy atom. The fourth-order valence-corrected chi connectivity index (χ4v) is 4.82. The molecule has 4 aromatic rings. The van der Waals surface area contributed by atoms with Gasteiger partial charge in [-0.3, -0.25) is 9.48 Å². The van der Waals surface area contributed by atoms with E-state index in [1.165, 1.54) is 10.7 Å². The minimum atomic E-state index is -0.475. The molecule has 1 saturated heterocycles. The molecule has 180 valence electrons. The van der Waals surface area contributed by atoms with E-state index in [1.807, 2.05) is 23.9 Å². The zero-order valence-electron chi connectivity index (χ0n) is 19.4. The second kappa shape index (κ2) is 8.42. The molecule has 0 amide bonds. The average molecular weight is 495 g/mol. The Labute approximate surface area is 205 Å². The molecule has 3 aromatic heterocycles. The molecule has 2 fully saturated rings. The van der Waals surface area contributed by atoms with Crippen molar-refractivity contribution in [3.05, 3.63) is 69.6 Å². The van der Waals surface area contributed by atoms with Crippen molar-refractivity contribution in [1.82, 2.24) is 24.5 Å². The lowest BCUT2D eigenvalue weighted by atomic mass is 10.0. The molecule has 1 aromatic carbocycles. The molecule has 8 nitrogen and oxygen atoms in total. The van der Waals surface area contributed by atoms with Gasteiger partial charge in [0.1, 0.15) is 23.3 Å². The molecule has 0 unspecified atom stereocenters. The number of fused-ring (bicyclic) bond motifs is 1. The predicted molar refractivity (Wildman–Crippen MR) is 131 cm³/mol. The Morgan fingerprint density at radius 1 is 1.11 bits per heavy atom. The van der Waals surface area contributed by atoms with E-state index in [0.29, 0.717) is 46.5 Å². The summed E-state index contributed by atoms with van der Waals surface area (Å²) in [5, 5.41) is 9.44. The van der Waals surface area contributed by atoms with Crippen LogP contribution in [-0.4, -0.2) is 43.7 Å². The maximum absolute atomic E-state index is 15.0. The van der Waals surface area contributed by atoms with Crippen molar-refractivity contribution in [3.63, 3.8) is 0 Å². The molecular formula is C25H24ClFN6O2. The Morgan fingerprint density at radius 2 is 1.94 bits per heavy atom. The lowest BCUT2D eigenvalue weighted by molar-refractivity contribution is -0.0176. The van der Waals surface area contributed by atoms with Crippen molar-refractivity contribution >= 4 is 28.3 Å². The zero-order valence-corrected chi connectivity index (χ0v) is 20.1. The highest BCUT2D eigenvalue weighted by Crippen LogP contribution is 2.37. The van der Waals surface area contributed by atoms with Gasteiger partial charge in [0.25, 0.3) is 5.56 Å². The van der Waals surface area contributed by atoms with E-state index >= 15 is 0 Å². The summed E-state index contributed by atoms with van der Waals surface area (Å²) >= 11 is 5.99. The highest BCUT2D eigenvalue weighted by atomic mass is 35.5. The van der Waals surface area contributed by atoms with Crippen molar-refractivity contribution < 1.29 is 9.13 Å². The van der Waals surface area contributed by atoms with Crippen molar-refractivity contribution in [1.29, 1.82) is 0 Å². The molecular weight excluding hydrogens is 471 g/mol. The quantitative estimate of drug-likeness (QED) is 0.421. The molecule has 10 heteroatoms. The van der Waals surface area contributed by atoms with Gasteiger partial charge >= 0.3 is 0 Å². The first kappa shape index (κ1) is 22.2. The number of halogens is 2. The van der Waals surface area contributed by atoms with E-state index in [1.54, 1.807) is 25.4 Å². The van der Waals surface area contributed by atoms with Gasteiger partial charge in [-0.15, -0.1) is 0 Å². The number of benzene rings is 1. The summed E-state index contributed by atoms with van der Waals surface area (Å²) in [5.74, 6) is 0.109. The number of morpholine rings is 1. The van der Waals surface area contributed by atoms with Gasteiger partial charge in [0.2, 0.25) is 0 Å². The van der Waals surface area contributed by atoms with E-state index in [-0.39, 0.29) is 23.3 Å². The first-order chi connectivity index (χ1) is 16.9. The molecule has 0 radical (unpaired) electrons. The molecule has 4 heterocycles. The van der Waals surface area contributed by atoms with Crippen LogP contribution in [0, 0.1) is 5.82 Å². The van der Waals surface area contributed by atoms with Gasteiger partial charge in [-0.2, -0.15) is 10.2 Å². The van der Waals surface area contributed by atoms with Crippen molar-refractivity contribution in [3.8, 4) is 11.1 Å². The summed E-state index contributed by atoms with van der Waals surface area (Å²) in [6.45, 7) is 3.13. The van der Waals surface area contributed by atoms with Crippen LogP contribution in [0.1, 0.15) is 37.5 Å². The number of ether oxygens (including phenoxy) is 1. The second-order valence-electron chi connectivity index (χ2n) is 9.31. The molecule has 1 aliphatic carbocycles. The number of hydrogen-bond donors (Lipinski definition) is 0. The lowest BCUT2D eigenvalue weighted by Gasteiger charge is -2.37. The third-order valence-corrected chi connectivity index (χ3v) is 6.86. The Hall–Kier alpha value is -3.30. The van der Waals surface area contributed by atoms with Gasteiger partial charge in [-0.1, -0.05) is 11.6 Å². The minimum Gasteiger partial charge on any atom is -0.367 e. The summed E-state index contributed by atoms with van der Waals surface area (Å²) in [6, 6.07) is 6.82. The smallest absolute Gasteiger partial charge is 0.293 e. The summed E-state index contributed by atoms with van der Waals surface area (Å²) in [5.41, 5.74) is 1.78. The van der Waals surface area contributed by atoms with Crippen LogP contribution >= 0.6 is 11.6 Å². The molecule has 35 heavy (non-hydrogen) atoms. The Balaban J connectivity index is 1.45. The van der Waals surface area contributed by atoms with E-state index in [2.05, 4.69) is 21.3 Å². The zero-order chi connectivity index (χ0) is 24.3. The third kappa shape index (κ3) is 4.08. The first-order valence-electron chi connectivity index (χ1n) is 11.6. The monoisotopic (exact) mass is 494 g/mol. The highest BCUT2D eigenvalue weighted by Gasteiger charge is 2.31. The summed E-state index contributed by atoms with van der Waals surface area (Å²) in [4.78, 5) is 19.8. The molecule has 1 saturated carbocycles. The van der Waals surface area contributed by atoms with Crippen LogP contribution in [0.2, 0.25) is 5.02 Å². The Kier molecular flexibility index (Phi) is 5.34.